The molecular formula is C26H27ClF3N3O3S. The molecule has 1 aliphatic heterocycles. The van der Waals surface area contributed by atoms with Gasteiger partial charge in [0.15, 0.2) is 0 Å². The highest BCUT2D eigenvalue weighted by Gasteiger charge is 2.38. The molecule has 2 heterocycles. The minimum absolute atomic E-state index is 0.109. The molecule has 3 aromatic rings. The third-order valence-electron chi connectivity index (χ3n) is 5.63. The Kier molecular flexibility index (Phi) is 10.5. The summed E-state index contributed by atoms with van der Waals surface area (Å²) in [5, 5.41) is 15.1. The van der Waals surface area contributed by atoms with Gasteiger partial charge in [0.05, 0.1) is 0 Å². The number of hydrogen-bond acceptors (Lipinski definition) is 5. The Morgan fingerprint density at radius 1 is 0.892 bits per heavy atom. The summed E-state index contributed by atoms with van der Waals surface area (Å²) in [6.07, 6.45) is -3.90. The number of halogens is 4. The van der Waals surface area contributed by atoms with Crippen molar-refractivity contribution in [3.8, 4) is 0 Å². The Morgan fingerprint density at radius 2 is 1.46 bits per heavy atom. The van der Waals surface area contributed by atoms with Gasteiger partial charge in [-0.2, -0.15) is 24.5 Å². The standard InChI is InChI=1S/C24H26ClN3OS.C2HF3O2/c25-22-6-8-23(9-7-22)26-24(29)21-4-2-19(3-5-21)16-27-11-1-12-28(14-13-27)17-20-10-15-30-18-20;3-2(4,5)1(6)7/h2-10,15,18H,1,11-14,16-17H2,(H,26,29);(H,6,7). The first kappa shape index (κ1) is 28.6. The van der Waals surface area contributed by atoms with Gasteiger partial charge in [0.1, 0.15) is 0 Å². The topological polar surface area (TPSA) is 72.9 Å². The van der Waals surface area contributed by atoms with Gasteiger partial charge in [-0.05, 0) is 83.9 Å². The van der Waals surface area contributed by atoms with E-state index in [1.807, 2.05) is 12.1 Å². The number of nitrogens with one attached hydrogen (secondary N) is 1. The molecule has 2 aromatic carbocycles. The minimum Gasteiger partial charge on any atom is -0.475 e. The lowest BCUT2D eigenvalue weighted by Crippen LogP contribution is -2.30. The van der Waals surface area contributed by atoms with Crippen LogP contribution in [0.2, 0.25) is 5.02 Å². The van der Waals surface area contributed by atoms with Gasteiger partial charge in [-0.3, -0.25) is 14.6 Å². The molecule has 1 fully saturated rings. The zero-order chi connectivity index (χ0) is 26.8. The summed E-state index contributed by atoms with van der Waals surface area (Å²) in [4.78, 5) is 26.4. The summed E-state index contributed by atoms with van der Waals surface area (Å²) >= 11 is 7.66. The molecule has 1 saturated heterocycles. The molecule has 37 heavy (non-hydrogen) atoms. The highest BCUT2D eigenvalue weighted by molar-refractivity contribution is 7.07. The van der Waals surface area contributed by atoms with Crippen LogP contribution in [0.5, 0.6) is 0 Å². The summed E-state index contributed by atoms with van der Waals surface area (Å²) in [5.41, 5.74) is 4.06. The first-order valence-electron chi connectivity index (χ1n) is 11.5. The number of alkyl halides is 3. The molecule has 0 unspecified atom stereocenters. The van der Waals surface area contributed by atoms with E-state index in [0.717, 1.165) is 45.0 Å². The van der Waals surface area contributed by atoms with E-state index in [9.17, 15) is 18.0 Å². The van der Waals surface area contributed by atoms with E-state index in [0.29, 0.717) is 10.6 Å². The predicted molar refractivity (Wildman–Crippen MR) is 139 cm³/mol. The monoisotopic (exact) mass is 553 g/mol. The Balaban J connectivity index is 0.000000479. The maximum atomic E-state index is 12.5. The SMILES string of the molecule is O=C(Nc1ccc(Cl)cc1)c1ccc(CN2CCCN(Cc3ccsc3)CC2)cc1.O=C(O)C(F)(F)F. The Morgan fingerprint density at radius 3 is 1.97 bits per heavy atom. The molecular weight excluding hydrogens is 527 g/mol. The first-order valence-corrected chi connectivity index (χ1v) is 12.8. The van der Waals surface area contributed by atoms with Gasteiger partial charge in [0, 0.05) is 42.5 Å². The molecule has 0 aliphatic carbocycles. The molecule has 1 amide bonds. The molecule has 2 N–H and O–H groups in total. The van der Waals surface area contributed by atoms with Crippen LogP contribution in [0.25, 0.3) is 0 Å². The molecule has 0 radical (unpaired) electrons. The highest BCUT2D eigenvalue weighted by atomic mass is 35.5. The second kappa shape index (κ2) is 13.6. The van der Waals surface area contributed by atoms with Gasteiger partial charge in [-0.15, -0.1) is 0 Å². The minimum atomic E-state index is -5.08. The van der Waals surface area contributed by atoms with Gasteiger partial charge >= 0.3 is 12.1 Å². The molecule has 1 aromatic heterocycles. The number of anilines is 1. The van der Waals surface area contributed by atoms with Gasteiger partial charge < -0.3 is 10.4 Å². The number of aliphatic carboxylic acids is 1. The van der Waals surface area contributed by atoms with Crippen molar-refractivity contribution in [3.05, 3.63) is 87.1 Å². The average Bonchev–Trinajstić information content (AvgIpc) is 3.27. The van der Waals surface area contributed by atoms with Crippen LogP contribution < -0.4 is 5.32 Å². The molecule has 0 bridgehead atoms. The zero-order valence-corrected chi connectivity index (χ0v) is 21.5. The summed E-state index contributed by atoms with van der Waals surface area (Å²) in [6.45, 7) is 6.40. The molecule has 198 valence electrons. The van der Waals surface area contributed by atoms with Gasteiger partial charge in [-0.1, -0.05) is 23.7 Å². The molecule has 4 rings (SSSR count). The fourth-order valence-corrected chi connectivity index (χ4v) is 4.52. The van der Waals surface area contributed by atoms with Gasteiger partial charge in [0.2, 0.25) is 0 Å². The van der Waals surface area contributed by atoms with Crippen LogP contribution in [0.4, 0.5) is 18.9 Å². The number of rotatable bonds is 6. The number of nitrogens with zero attached hydrogens (tertiary/aromatic N) is 2. The number of carbonyl (C=O) groups excluding carboxylic acids is 1. The zero-order valence-electron chi connectivity index (χ0n) is 19.9. The first-order chi connectivity index (χ1) is 17.6. The summed E-state index contributed by atoms with van der Waals surface area (Å²) in [6, 6.07) is 17.3. The second-order valence-corrected chi connectivity index (χ2v) is 9.71. The summed E-state index contributed by atoms with van der Waals surface area (Å²) < 4.78 is 31.7. The molecule has 1 aliphatic rings. The normalized spacial score (nSPS) is 14.8. The van der Waals surface area contributed by atoms with E-state index in [1.54, 1.807) is 35.6 Å². The lowest BCUT2D eigenvalue weighted by molar-refractivity contribution is -0.192. The van der Waals surface area contributed by atoms with E-state index >= 15 is 0 Å². The van der Waals surface area contributed by atoms with E-state index in [4.69, 9.17) is 21.5 Å². The average molecular weight is 554 g/mol. The van der Waals surface area contributed by atoms with Crippen molar-refractivity contribution < 1.29 is 27.9 Å². The lowest BCUT2D eigenvalue weighted by Gasteiger charge is -2.21. The summed E-state index contributed by atoms with van der Waals surface area (Å²) in [5.74, 6) is -2.87. The molecule has 0 saturated carbocycles. The van der Waals surface area contributed by atoms with Crippen LogP contribution >= 0.6 is 22.9 Å². The van der Waals surface area contributed by atoms with Crippen molar-refractivity contribution in [1.29, 1.82) is 0 Å². The van der Waals surface area contributed by atoms with E-state index in [1.165, 1.54) is 17.5 Å². The lowest BCUT2D eigenvalue weighted by atomic mass is 10.1. The highest BCUT2D eigenvalue weighted by Crippen LogP contribution is 2.17. The van der Waals surface area contributed by atoms with Crippen LogP contribution in [-0.2, 0) is 17.9 Å². The molecule has 6 nitrogen and oxygen atoms in total. The number of carbonyl (C=O) groups is 2. The molecule has 0 spiro atoms. The Bertz CT molecular complexity index is 1140. The Hall–Kier alpha value is -2.92. The van der Waals surface area contributed by atoms with Gasteiger partial charge in [0.25, 0.3) is 5.91 Å². The maximum absolute atomic E-state index is 12.5. The number of thiophene rings is 1. The van der Waals surface area contributed by atoms with Crippen molar-refractivity contribution in [2.45, 2.75) is 25.7 Å². The number of hydrogen-bond donors (Lipinski definition) is 2. The number of carboxylic acid groups (broad SMARTS) is 1. The van der Waals surface area contributed by atoms with E-state index < -0.39 is 12.1 Å². The largest absolute Gasteiger partial charge is 0.490 e. The van der Waals surface area contributed by atoms with E-state index in [-0.39, 0.29) is 5.91 Å². The van der Waals surface area contributed by atoms with Crippen LogP contribution in [0.15, 0.2) is 65.4 Å². The molecule has 11 heteroatoms. The maximum Gasteiger partial charge on any atom is 0.490 e. The van der Waals surface area contributed by atoms with E-state index in [2.05, 4.69) is 44.1 Å². The molecule has 0 atom stereocenters. The smallest absolute Gasteiger partial charge is 0.475 e. The van der Waals surface area contributed by atoms with Crippen LogP contribution in [0, 0.1) is 0 Å². The van der Waals surface area contributed by atoms with Crippen molar-refractivity contribution in [1.82, 2.24) is 9.80 Å². The Labute approximate surface area is 222 Å². The van der Waals surface area contributed by atoms with Crippen molar-refractivity contribution in [2.24, 2.45) is 0 Å². The van der Waals surface area contributed by atoms with Gasteiger partial charge in [-0.25, -0.2) is 4.79 Å². The number of amides is 1. The van der Waals surface area contributed by atoms with Crippen LogP contribution in [0.1, 0.15) is 27.9 Å². The number of benzene rings is 2. The van der Waals surface area contributed by atoms with Crippen molar-refractivity contribution in [2.75, 3.05) is 31.5 Å². The third kappa shape index (κ3) is 9.81. The third-order valence-corrected chi connectivity index (χ3v) is 6.62. The number of carboxylic acids is 1. The fourth-order valence-electron chi connectivity index (χ4n) is 3.74. The van der Waals surface area contributed by atoms with Crippen molar-refractivity contribution in [3.63, 3.8) is 0 Å². The quantitative estimate of drug-likeness (QED) is 0.392. The van der Waals surface area contributed by atoms with Crippen LogP contribution in [0.3, 0.4) is 0 Å². The summed E-state index contributed by atoms with van der Waals surface area (Å²) in [7, 11) is 0. The predicted octanol–water partition coefficient (Wildman–Crippen LogP) is 6.00. The fraction of sp³-hybridized carbons (Fsp3) is 0.308. The second-order valence-electron chi connectivity index (χ2n) is 8.50. The van der Waals surface area contributed by atoms with Crippen LogP contribution in [-0.4, -0.2) is 59.1 Å². The van der Waals surface area contributed by atoms with Crippen molar-refractivity contribution >= 4 is 40.5 Å².